The van der Waals surface area contributed by atoms with Crippen molar-refractivity contribution in [3.63, 3.8) is 0 Å². The van der Waals surface area contributed by atoms with Gasteiger partial charge in [-0.25, -0.2) is 0 Å². The number of aromatic amines is 1. The summed E-state index contributed by atoms with van der Waals surface area (Å²) in [4.78, 5) is 26.5. The Balaban J connectivity index is 0.932. The van der Waals surface area contributed by atoms with Crippen molar-refractivity contribution in [3.05, 3.63) is 120 Å². The number of nitrogens with two attached hydrogens (primary N) is 1. The smallest absolute Gasteiger partial charge is 0.302 e. The number of benzene rings is 2. The van der Waals surface area contributed by atoms with Crippen LogP contribution in [0, 0.1) is 57.7 Å². The molecule has 2 saturated heterocycles. The highest BCUT2D eigenvalue weighted by Crippen LogP contribution is 2.60. The Kier molecular flexibility index (Phi) is 16.7. The number of nitrogens with zero attached hydrogens (tertiary/aromatic N) is 3. The van der Waals surface area contributed by atoms with E-state index >= 15 is 0 Å². The predicted molar refractivity (Wildman–Crippen MR) is 343 cm³/mol. The number of guanidine groups is 1. The highest BCUT2D eigenvalue weighted by atomic mass is 16.6. The van der Waals surface area contributed by atoms with Gasteiger partial charge < -0.3 is 75.7 Å². The molecule has 480 valence electrons. The van der Waals surface area contributed by atoms with E-state index in [9.17, 15) is 30.3 Å². The van der Waals surface area contributed by atoms with E-state index in [2.05, 4.69) is 84.0 Å². The molecule has 2 aromatic carbocycles. The van der Waals surface area contributed by atoms with Crippen molar-refractivity contribution >= 4 is 22.8 Å². The molecule has 91 heavy (non-hydrogen) atoms. The lowest BCUT2D eigenvalue weighted by Crippen LogP contribution is -2.77. The molecular formula is C72H87N9O10. The standard InChI is InChI=1S/C72H87N9O10/c1-44(82)89-51-34-57(50-32-56(84)65(86)59(33-50)88-29-20-45-10-9-26-74-39-45)91-62(35-51)70-23-6-12-48-11-2-3-14-53(48)78-67(87)64-66(81-40-49-19-28-75-54(49)41-81)79-68(77-43-71(25-8-15-61(71)85)37-47-18-27-76-63(73)31-47)80-72(64)42-69(21-4-5-22-69)38-60(52(72)13-7-24-70)90-58-30-46(36-70)16-17-55(58)83/h9-10,16-19,26,28,30-33,39-41,48,51-53,57,60-62,64,66-67,75-76,78,83-87H,2-5,8,11,14-15,20-25,27,29,34-38,42-43,73H2,1H3,(H2,77,79,80)/t48-,51+,52+,53+,57+,60-,61+,62-,64+,66+,67-,70+,71+,72+/m1/s1. The Bertz CT molecular complexity index is 3710. The minimum Gasteiger partial charge on any atom is -0.504 e. The van der Waals surface area contributed by atoms with Crippen LogP contribution in [-0.4, -0.2) is 114 Å². The molecule has 5 aliphatic heterocycles. The number of hydrogen-bond acceptors (Lipinski definition) is 15. The van der Waals surface area contributed by atoms with E-state index in [0.29, 0.717) is 87.5 Å². The van der Waals surface area contributed by atoms with Gasteiger partial charge in [-0.1, -0.05) is 62.2 Å². The molecule has 6 fully saturated rings. The van der Waals surface area contributed by atoms with Crippen LogP contribution < -0.4 is 36.5 Å². The fraction of sp³-hybridized carbons (Fsp3) is 0.542. The number of aliphatic imine (C=N–C) groups is 1. The van der Waals surface area contributed by atoms with Crippen LogP contribution >= 0.6 is 0 Å². The Morgan fingerprint density at radius 3 is 2.62 bits per heavy atom. The number of dihydropyridines is 1. The summed E-state index contributed by atoms with van der Waals surface area (Å²) in [5.41, 5.74) is 7.93. The number of aromatic hydroxyl groups is 3. The lowest BCUT2D eigenvalue weighted by atomic mass is 9.54. The lowest BCUT2D eigenvalue weighted by Gasteiger charge is -2.61. The van der Waals surface area contributed by atoms with E-state index in [4.69, 9.17) is 29.7 Å². The van der Waals surface area contributed by atoms with Crippen LogP contribution in [0.3, 0.4) is 0 Å². The van der Waals surface area contributed by atoms with Crippen LogP contribution in [0.2, 0.25) is 0 Å². The van der Waals surface area contributed by atoms with Crippen LogP contribution in [0.15, 0.2) is 108 Å². The number of carbonyl (C=O) groups is 1. The quantitative estimate of drug-likeness (QED) is 0.0316. The van der Waals surface area contributed by atoms with Crippen LogP contribution in [0.4, 0.5) is 0 Å². The maximum Gasteiger partial charge on any atom is 0.302 e. The Morgan fingerprint density at radius 2 is 1.81 bits per heavy atom. The minimum absolute atomic E-state index is 0.00312. The third-order valence-corrected chi connectivity index (χ3v) is 22.0. The average Bonchev–Trinajstić information content (AvgIpc) is 1.63. The fourth-order valence-corrected chi connectivity index (χ4v) is 17.6. The molecule has 4 saturated carbocycles. The number of ether oxygens (including phenoxy) is 4. The Labute approximate surface area is 532 Å². The molecule has 0 unspecified atom stereocenters. The number of phenolic OH excluding ortho intramolecular Hbond substituents is 3. The number of allylic oxidation sites excluding steroid dienone is 2. The zero-order valence-corrected chi connectivity index (χ0v) is 52.0. The number of aliphatic hydroxyl groups is 2. The molecule has 19 nitrogen and oxygen atoms in total. The number of rotatable bonds is 12. The van der Waals surface area contributed by atoms with Crippen molar-refractivity contribution in [2.45, 2.75) is 190 Å². The molecule has 3 aromatic heterocycles. The van der Waals surface area contributed by atoms with Crippen LogP contribution in [-0.2, 0) is 27.1 Å². The summed E-state index contributed by atoms with van der Waals surface area (Å²) in [6, 6.07) is 14.5. The van der Waals surface area contributed by atoms with Gasteiger partial charge in [0, 0.05) is 105 Å². The molecule has 8 heterocycles. The van der Waals surface area contributed by atoms with Crippen LogP contribution in [0.5, 0.6) is 28.7 Å². The number of esters is 1. The van der Waals surface area contributed by atoms with E-state index in [0.717, 1.165) is 91.8 Å². The van der Waals surface area contributed by atoms with Gasteiger partial charge in [0.2, 0.25) is 5.75 Å². The van der Waals surface area contributed by atoms with Crippen LogP contribution in [0.1, 0.15) is 151 Å². The molecule has 12 N–H and O–H groups in total. The van der Waals surface area contributed by atoms with Crippen molar-refractivity contribution < 1.29 is 49.3 Å². The van der Waals surface area contributed by atoms with Gasteiger partial charge in [-0.3, -0.25) is 20.1 Å². The minimum atomic E-state index is -1.11. The SMILES string of the molecule is CC(=O)O[C@H]1C[C@@H](c2cc(O)c(O)c(OCCc3cccnc3)c2)O[C@@H]([C@]23CC#C[C@H]4CCCC[C@@H]4N[C@H](O)[C@@H]4[C@H](n5cc6cc[nH]c6c5)NC(=NC[C@@]5(CC6=CCNC(N)=C6)CCC[C@@H]5O)N[C@]45CC4(CCCC4)C[C@@H](Oc4cc(ccc4O)C2)[C@@H]5C#CC3)C1. The molecule has 0 radical (unpaired) electrons. The number of phenols is 3. The zero-order valence-electron chi connectivity index (χ0n) is 52.0. The van der Waals surface area contributed by atoms with Gasteiger partial charge in [0.05, 0.1) is 60.2 Å². The maximum atomic E-state index is 13.8. The van der Waals surface area contributed by atoms with Crippen molar-refractivity contribution in [3.8, 4) is 52.4 Å². The number of aliphatic hydroxyl groups excluding tert-OH is 2. The monoisotopic (exact) mass is 1240 g/mol. The fourth-order valence-electron chi connectivity index (χ4n) is 17.6. The molecule has 14 atom stereocenters. The van der Waals surface area contributed by atoms with Crippen molar-refractivity contribution in [2.75, 3.05) is 19.7 Å². The third-order valence-electron chi connectivity index (χ3n) is 22.0. The zero-order chi connectivity index (χ0) is 62.5. The molecular weight excluding hydrogens is 1150 g/mol. The second-order valence-corrected chi connectivity index (χ2v) is 28.0. The number of carbonyl (C=O) groups excluding carboxylic acids is 1. The summed E-state index contributed by atoms with van der Waals surface area (Å²) < 4.78 is 29.6. The first-order chi connectivity index (χ1) is 44.1. The van der Waals surface area contributed by atoms with E-state index in [1.165, 1.54) is 13.0 Å². The second-order valence-electron chi connectivity index (χ2n) is 28.0. The normalized spacial score (nSPS) is 33.7. The highest BCUT2D eigenvalue weighted by molar-refractivity contribution is 5.83. The highest BCUT2D eigenvalue weighted by Gasteiger charge is 2.65. The molecule has 9 aliphatic rings. The number of aromatic nitrogens is 3. The first-order valence-electron chi connectivity index (χ1n) is 33.3. The maximum absolute atomic E-state index is 13.8. The van der Waals surface area contributed by atoms with Gasteiger partial charge in [0.15, 0.2) is 29.0 Å². The van der Waals surface area contributed by atoms with E-state index in [-0.39, 0.29) is 54.1 Å². The molecule has 4 aliphatic carbocycles. The topological polar surface area (TPSA) is 275 Å². The first-order valence-corrected chi connectivity index (χ1v) is 33.3. The van der Waals surface area contributed by atoms with Crippen molar-refractivity contribution in [2.24, 2.45) is 44.7 Å². The number of hydrogen-bond donors (Lipinski definition) is 11. The molecule has 0 amide bonds. The first kappa shape index (κ1) is 60.7. The summed E-state index contributed by atoms with van der Waals surface area (Å²) in [6.07, 6.45) is 22.7. The molecule has 14 rings (SSSR count). The summed E-state index contributed by atoms with van der Waals surface area (Å²) in [7, 11) is 0. The van der Waals surface area contributed by atoms with Gasteiger partial charge in [0.1, 0.15) is 24.6 Å². The van der Waals surface area contributed by atoms with E-state index in [1.807, 2.05) is 36.5 Å². The average molecular weight is 1240 g/mol. The van der Waals surface area contributed by atoms with Crippen LogP contribution in [0.25, 0.3) is 10.9 Å². The summed E-state index contributed by atoms with van der Waals surface area (Å²) in [5.74, 6) is 14.4. The summed E-state index contributed by atoms with van der Waals surface area (Å²) in [6.45, 7) is 2.54. The van der Waals surface area contributed by atoms with Gasteiger partial charge in [-0.05, 0) is 134 Å². The Hall–Kier alpha value is -7.81. The summed E-state index contributed by atoms with van der Waals surface area (Å²) in [5, 5.41) is 76.9. The predicted octanol–water partition coefficient (Wildman–Crippen LogP) is 8.84. The van der Waals surface area contributed by atoms with E-state index in [1.54, 1.807) is 24.5 Å². The molecule has 4 bridgehead atoms. The van der Waals surface area contributed by atoms with E-state index < -0.39 is 82.8 Å². The number of pyridine rings is 1. The van der Waals surface area contributed by atoms with Crippen molar-refractivity contribution in [1.82, 2.24) is 35.8 Å². The van der Waals surface area contributed by atoms with Gasteiger partial charge in [-0.15, -0.1) is 11.8 Å². The number of nitrogens with one attached hydrogen (secondary N) is 5. The second kappa shape index (κ2) is 25.0. The largest absolute Gasteiger partial charge is 0.504 e. The number of fused-ring (bicyclic) bond motifs is 6. The van der Waals surface area contributed by atoms with Crippen molar-refractivity contribution in [1.29, 1.82) is 0 Å². The Morgan fingerprint density at radius 1 is 0.956 bits per heavy atom. The van der Waals surface area contributed by atoms with Gasteiger partial charge >= 0.3 is 5.97 Å². The number of H-pyrrole nitrogens is 1. The summed E-state index contributed by atoms with van der Waals surface area (Å²) >= 11 is 0. The molecule has 19 heteroatoms. The lowest BCUT2D eigenvalue weighted by molar-refractivity contribution is -0.174. The van der Waals surface area contributed by atoms with Gasteiger partial charge in [0.25, 0.3) is 0 Å². The molecule has 5 aromatic rings. The van der Waals surface area contributed by atoms with Gasteiger partial charge in [-0.2, -0.15) is 0 Å². The molecule has 2 spiro atoms. The third kappa shape index (κ3) is 12.2.